The Morgan fingerprint density at radius 1 is 0.410 bits per heavy atom. The van der Waals surface area contributed by atoms with Crippen LogP contribution < -0.4 is 54.0 Å². The van der Waals surface area contributed by atoms with Crippen molar-refractivity contribution in [3.8, 4) is 0 Å². The highest BCUT2D eigenvalue weighted by atomic mass is 35.5. The molecule has 0 unspecified atom stereocenters. The number of nitrogens with zero attached hydrogens (tertiary/aromatic N) is 16. The summed E-state index contributed by atoms with van der Waals surface area (Å²) in [4.78, 5) is 62.6. The molecule has 34 heteroatoms. The lowest BCUT2D eigenvalue weighted by Gasteiger charge is -2.39. The van der Waals surface area contributed by atoms with Crippen LogP contribution in [-0.2, 0) is 0 Å². The molecule has 4 fully saturated rings. The summed E-state index contributed by atoms with van der Waals surface area (Å²) in [5, 5.41) is 22.7. The number of nitrogens with two attached hydrogens (primary N) is 6. The zero-order valence-corrected chi connectivity index (χ0v) is 63.5. The minimum absolute atomic E-state index is 0.0106. The quantitative estimate of drug-likeness (QED) is 0.0417. The largest absolute Gasteiger partial charge is 0.396 e. The molecule has 12 rings (SSSR count). The zero-order chi connectivity index (χ0) is 72.1. The van der Waals surface area contributed by atoms with Crippen molar-refractivity contribution in [1.82, 2.24) is 59.8 Å². The molecule has 0 spiro atoms. The summed E-state index contributed by atoms with van der Waals surface area (Å²) in [5.74, 6) is 4.68. The Labute approximate surface area is 624 Å². The van der Waals surface area contributed by atoms with E-state index < -0.39 is 0 Å². The first kappa shape index (κ1) is 77.8. The molecular weight excluding hydrogens is 1460 g/mol. The fourth-order valence-electron chi connectivity index (χ4n) is 11.0. The number of halogens is 6. The molecule has 0 atom stereocenters. The van der Waals surface area contributed by atoms with Crippen LogP contribution in [0, 0.1) is 27.5 Å². The molecular formula is C66H84Cl5FN22O2S4. The number of aliphatic hydroxyl groups excluding tert-OH is 2. The summed E-state index contributed by atoms with van der Waals surface area (Å²) in [7, 11) is 0. The molecule has 0 saturated carbocycles. The molecule has 0 bridgehead atoms. The van der Waals surface area contributed by atoms with Crippen LogP contribution in [0.2, 0.25) is 25.4 Å². The molecule has 0 aliphatic carbocycles. The SMILES string of the molecule is CC1(CO)CCN(c2cnc(Sc3ccnc(Cl)c3Cl)c(N)n2)CC1.CC1(CO)CCN(c2cnc(Sc3ccnc(N)c3Cl)c(N)n2)CC1.CCC1(C)CCN(c2cnc(Sc3cc(N)nc(Cl)c3Cl)c(N)n2)CC1.CCC1(C)CCN(c2cnc(Sc3ccncc3F)c(N)n2)CC1. The number of aromatic nitrogens is 12. The lowest BCUT2D eigenvalue weighted by molar-refractivity contribution is 0.114. The maximum atomic E-state index is 13.7. The average Bonchev–Trinajstić information content (AvgIpc) is 0.827. The van der Waals surface area contributed by atoms with E-state index >= 15 is 0 Å². The molecule has 8 aromatic heterocycles. The van der Waals surface area contributed by atoms with Crippen molar-refractivity contribution in [3.63, 3.8) is 0 Å². The maximum Gasteiger partial charge on any atom is 0.158 e. The van der Waals surface area contributed by atoms with Gasteiger partial charge in [-0.15, -0.1) is 0 Å². The number of hydrogen-bond donors (Lipinski definition) is 8. The van der Waals surface area contributed by atoms with E-state index in [2.05, 4.69) is 121 Å². The lowest BCUT2D eigenvalue weighted by atomic mass is 9.78. The monoisotopic (exact) mass is 1540 g/mol. The molecule has 8 aromatic rings. The van der Waals surface area contributed by atoms with E-state index in [-0.39, 0.29) is 51.8 Å². The number of anilines is 10. The van der Waals surface area contributed by atoms with Gasteiger partial charge in [-0.25, -0.2) is 59.2 Å². The number of rotatable bonds is 16. The third-order valence-corrected chi connectivity index (χ3v) is 25.3. The first-order valence-corrected chi connectivity index (χ1v) is 37.6. The first-order chi connectivity index (χ1) is 47.6. The van der Waals surface area contributed by atoms with Gasteiger partial charge in [-0.3, -0.25) is 4.98 Å². The Morgan fingerprint density at radius 2 is 0.740 bits per heavy atom. The van der Waals surface area contributed by atoms with Crippen LogP contribution in [0.25, 0.3) is 0 Å². The normalized spacial score (nSPS) is 16.9. The van der Waals surface area contributed by atoms with Crippen LogP contribution in [0.5, 0.6) is 0 Å². The Balaban J connectivity index is 0.000000156. The second kappa shape index (κ2) is 34.7. The van der Waals surface area contributed by atoms with Gasteiger partial charge in [0.25, 0.3) is 0 Å². The Bertz CT molecular complexity index is 3970. The average molecular weight is 1540 g/mol. The molecule has 4 saturated heterocycles. The fraction of sp³-hybridized carbons (Fsp3) is 0.455. The highest BCUT2D eigenvalue weighted by Crippen LogP contribution is 2.44. The van der Waals surface area contributed by atoms with E-state index in [0.717, 1.165) is 137 Å². The second-order valence-electron chi connectivity index (χ2n) is 26.2. The summed E-state index contributed by atoms with van der Waals surface area (Å²) in [6.07, 6.45) is 23.4. The van der Waals surface area contributed by atoms with Crippen molar-refractivity contribution >= 4 is 163 Å². The van der Waals surface area contributed by atoms with Crippen molar-refractivity contribution < 1.29 is 14.6 Å². The van der Waals surface area contributed by atoms with E-state index in [1.165, 1.54) is 66.1 Å². The van der Waals surface area contributed by atoms with E-state index in [1.54, 1.807) is 67.6 Å². The molecule has 0 radical (unpaired) electrons. The van der Waals surface area contributed by atoms with Crippen molar-refractivity contribution in [3.05, 3.63) is 105 Å². The number of piperidine rings is 4. The van der Waals surface area contributed by atoms with Gasteiger partial charge in [0.05, 0.1) is 50.9 Å². The Morgan fingerprint density at radius 3 is 1.10 bits per heavy atom. The van der Waals surface area contributed by atoms with Crippen LogP contribution in [0.15, 0.2) is 114 Å². The number of nitrogen functional groups attached to an aromatic ring is 6. The van der Waals surface area contributed by atoms with Crippen molar-refractivity contribution in [1.29, 1.82) is 0 Å². The molecule has 100 heavy (non-hydrogen) atoms. The first-order valence-electron chi connectivity index (χ1n) is 32.5. The summed E-state index contributed by atoms with van der Waals surface area (Å²) >= 11 is 35.5. The van der Waals surface area contributed by atoms with Gasteiger partial charge >= 0.3 is 0 Å². The van der Waals surface area contributed by atoms with Gasteiger partial charge in [-0.1, -0.05) is 159 Å². The smallest absolute Gasteiger partial charge is 0.158 e. The number of hydrogen-bond acceptors (Lipinski definition) is 28. The van der Waals surface area contributed by atoms with E-state index in [9.17, 15) is 14.6 Å². The van der Waals surface area contributed by atoms with Gasteiger partial charge < -0.3 is 64.2 Å². The molecule has 24 nitrogen and oxygen atoms in total. The minimum atomic E-state index is -0.386. The summed E-state index contributed by atoms with van der Waals surface area (Å²) in [6, 6.07) is 6.77. The van der Waals surface area contributed by atoms with Crippen LogP contribution in [0.3, 0.4) is 0 Å². The summed E-state index contributed by atoms with van der Waals surface area (Å²) in [5.41, 5.74) is 36.6. The maximum absolute atomic E-state index is 13.7. The minimum Gasteiger partial charge on any atom is -0.396 e. The van der Waals surface area contributed by atoms with Crippen LogP contribution in [-0.4, -0.2) is 136 Å². The van der Waals surface area contributed by atoms with Gasteiger partial charge in [0.2, 0.25) is 0 Å². The summed E-state index contributed by atoms with van der Waals surface area (Å²) < 4.78 is 13.7. The number of aliphatic hydroxyl groups is 2. The highest BCUT2D eigenvalue weighted by Gasteiger charge is 2.34. The van der Waals surface area contributed by atoms with Crippen LogP contribution >= 0.6 is 105 Å². The lowest BCUT2D eigenvalue weighted by Crippen LogP contribution is -2.40. The van der Waals surface area contributed by atoms with Gasteiger partial charge in [0.15, 0.2) is 34.2 Å². The van der Waals surface area contributed by atoms with Crippen LogP contribution in [0.4, 0.5) is 62.6 Å². The van der Waals surface area contributed by atoms with Gasteiger partial charge in [-0.05, 0) is 97.3 Å². The van der Waals surface area contributed by atoms with Gasteiger partial charge in [-0.2, -0.15) is 0 Å². The van der Waals surface area contributed by atoms with Crippen molar-refractivity contribution in [2.45, 2.75) is 145 Å². The topological polar surface area (TPSA) is 364 Å². The molecule has 14 N–H and O–H groups in total. The predicted octanol–water partition coefficient (Wildman–Crippen LogP) is 14.2. The van der Waals surface area contributed by atoms with Crippen molar-refractivity contribution in [2.75, 3.05) is 120 Å². The fourth-order valence-corrected chi connectivity index (χ4v) is 15.3. The van der Waals surface area contributed by atoms with E-state index in [1.807, 2.05) is 0 Å². The standard InChI is InChI=1S/C17H22Cl2N6S.C17H22FN5S.C16H19Cl2N5OS.C16H21ClN6OS/c1-3-17(2)4-6-25(7-5-17)12-9-22-16(15(21)24-12)26-10-8-11(20)23-14(19)13(10)18;1-3-17(2)5-8-23(9-6-17)14-11-21-16(15(19)22-14)24-13-4-7-20-10-12(13)18;2*1-16(9-24)3-6-23(7-4-16)11-8-21-15(14(19)22-11)25-10-2-5-20-13(18)12(10)17/h8-9H,3-7H2,1-2H3,(H2,20,23)(H2,21,24);4,7,10-11H,3,5-6,8-9H2,1-2H3,(H2,19,22);2,5,8,24H,3-4,6-7,9H2,1H3,(H2,19,22);2,5,8,24H,3-4,6-7,9H2,1H3,(H2,18,20)(H2,19,22). The van der Waals surface area contributed by atoms with Gasteiger partial charge in [0.1, 0.15) is 60.2 Å². The third kappa shape index (κ3) is 20.3. The zero-order valence-electron chi connectivity index (χ0n) is 56.5. The Kier molecular flexibility index (Phi) is 27.0. The third-order valence-electron chi connectivity index (χ3n) is 18.8. The predicted molar refractivity (Wildman–Crippen MR) is 406 cm³/mol. The van der Waals surface area contributed by atoms with E-state index in [0.29, 0.717) is 79.1 Å². The summed E-state index contributed by atoms with van der Waals surface area (Å²) in [6.45, 7) is 21.0. The number of pyridine rings is 4. The molecule has 0 amide bonds. The second-order valence-corrected chi connectivity index (χ2v) is 32.1. The molecule has 12 heterocycles. The van der Waals surface area contributed by atoms with E-state index in [4.69, 9.17) is 92.4 Å². The van der Waals surface area contributed by atoms with Crippen LogP contribution in [0.1, 0.15) is 106 Å². The molecule has 4 aliphatic heterocycles. The molecule has 536 valence electrons. The Hall–Kier alpha value is -6.38. The van der Waals surface area contributed by atoms with Crippen molar-refractivity contribution in [2.24, 2.45) is 21.7 Å². The van der Waals surface area contributed by atoms with Gasteiger partial charge in [0, 0.05) is 98.8 Å². The molecule has 0 aromatic carbocycles. The highest BCUT2D eigenvalue weighted by molar-refractivity contribution is 8.00. The molecule has 4 aliphatic rings.